The third-order valence-electron chi connectivity index (χ3n) is 6.25. The van der Waals surface area contributed by atoms with Crippen LogP contribution in [0.15, 0.2) is 24.3 Å². The van der Waals surface area contributed by atoms with Gasteiger partial charge in [-0.15, -0.1) is 0 Å². The molecule has 4 heteroatoms. The van der Waals surface area contributed by atoms with Gasteiger partial charge in [-0.1, -0.05) is 12.1 Å². The smallest absolute Gasteiger partial charge is 0.226 e. The minimum Gasteiger partial charge on any atom is -0.352 e. The van der Waals surface area contributed by atoms with E-state index in [1.54, 1.807) is 0 Å². The van der Waals surface area contributed by atoms with Gasteiger partial charge in [0, 0.05) is 24.6 Å². The molecule has 0 unspecified atom stereocenters. The average molecular weight is 326 g/mol. The molecule has 128 valence electrons. The van der Waals surface area contributed by atoms with Crippen LogP contribution in [0.1, 0.15) is 51.0 Å². The third kappa shape index (κ3) is 2.94. The molecule has 2 amide bonds. The molecule has 2 N–H and O–H groups in total. The number of amides is 2. The Hall–Kier alpha value is -1.84. The average Bonchev–Trinajstić information content (AvgIpc) is 2.52. The first-order valence-electron chi connectivity index (χ1n) is 9.17. The molecule has 0 saturated heterocycles. The summed E-state index contributed by atoms with van der Waals surface area (Å²) in [5, 5.41) is 5.95. The Morgan fingerprint density at radius 1 is 1.00 bits per heavy atom. The Morgan fingerprint density at radius 2 is 1.54 bits per heavy atom. The van der Waals surface area contributed by atoms with E-state index in [1.807, 2.05) is 24.3 Å². The van der Waals surface area contributed by atoms with Crippen molar-refractivity contribution in [2.45, 2.75) is 52.0 Å². The van der Waals surface area contributed by atoms with Gasteiger partial charge in [0.25, 0.3) is 0 Å². The summed E-state index contributed by atoms with van der Waals surface area (Å²) < 4.78 is 0. The SMILES string of the molecule is CC(=O)Nc1ccc(CNC(=O)C23CC4CC(CC(C4)C2)C3)cc1. The van der Waals surface area contributed by atoms with Crippen molar-refractivity contribution >= 4 is 17.5 Å². The second kappa shape index (κ2) is 5.91. The summed E-state index contributed by atoms with van der Waals surface area (Å²) in [6, 6.07) is 7.69. The highest BCUT2D eigenvalue weighted by Crippen LogP contribution is 2.60. The van der Waals surface area contributed by atoms with Crippen LogP contribution in [0.25, 0.3) is 0 Å². The number of carbonyl (C=O) groups is 2. The number of hydrogen-bond acceptors (Lipinski definition) is 2. The lowest BCUT2D eigenvalue weighted by molar-refractivity contribution is -0.146. The van der Waals surface area contributed by atoms with Gasteiger partial charge >= 0.3 is 0 Å². The summed E-state index contributed by atoms with van der Waals surface area (Å²) in [5.74, 6) is 2.57. The van der Waals surface area contributed by atoms with Gasteiger partial charge in [0.15, 0.2) is 0 Å². The van der Waals surface area contributed by atoms with Gasteiger partial charge in [0.2, 0.25) is 11.8 Å². The predicted octanol–water partition coefficient (Wildman–Crippen LogP) is 3.48. The minimum absolute atomic E-state index is 0.0714. The van der Waals surface area contributed by atoms with Gasteiger partial charge < -0.3 is 10.6 Å². The fourth-order valence-corrected chi connectivity index (χ4v) is 5.67. The zero-order valence-electron chi connectivity index (χ0n) is 14.3. The number of rotatable bonds is 4. The lowest BCUT2D eigenvalue weighted by Gasteiger charge is -2.55. The molecular formula is C20H26N2O2. The van der Waals surface area contributed by atoms with E-state index in [1.165, 1.54) is 26.2 Å². The fourth-order valence-electron chi connectivity index (χ4n) is 5.67. The Bertz CT molecular complexity index is 615. The Morgan fingerprint density at radius 3 is 2.04 bits per heavy atom. The Labute approximate surface area is 143 Å². The molecule has 1 aromatic rings. The van der Waals surface area contributed by atoms with E-state index in [4.69, 9.17) is 0 Å². The first-order valence-corrected chi connectivity index (χ1v) is 9.17. The molecule has 0 radical (unpaired) electrons. The molecule has 4 aliphatic rings. The van der Waals surface area contributed by atoms with Crippen LogP contribution in [-0.2, 0) is 16.1 Å². The van der Waals surface area contributed by atoms with Gasteiger partial charge in [-0.05, 0) is 74.0 Å². The Kier molecular flexibility index (Phi) is 3.86. The van der Waals surface area contributed by atoms with E-state index in [0.29, 0.717) is 6.54 Å². The van der Waals surface area contributed by atoms with Gasteiger partial charge in [-0.2, -0.15) is 0 Å². The molecule has 4 saturated carbocycles. The van der Waals surface area contributed by atoms with Gasteiger partial charge in [0.1, 0.15) is 0 Å². The van der Waals surface area contributed by atoms with Crippen molar-refractivity contribution in [1.29, 1.82) is 0 Å². The van der Waals surface area contributed by atoms with Gasteiger partial charge in [0.05, 0.1) is 0 Å². The lowest BCUT2D eigenvalue weighted by Crippen LogP contribution is -2.53. The predicted molar refractivity (Wildman–Crippen MR) is 93.2 cm³/mol. The third-order valence-corrected chi connectivity index (χ3v) is 6.25. The molecule has 4 fully saturated rings. The molecular weight excluding hydrogens is 300 g/mol. The standard InChI is InChI=1S/C20H26N2O2/c1-13(23)22-18-4-2-14(3-5-18)12-21-19(24)20-9-15-6-16(10-20)8-17(7-15)11-20/h2-5,15-17H,6-12H2,1H3,(H,21,24)(H,22,23). The normalized spacial score (nSPS) is 33.3. The van der Waals surface area contributed by atoms with E-state index in [9.17, 15) is 9.59 Å². The number of benzene rings is 1. The number of nitrogens with one attached hydrogen (secondary N) is 2. The maximum absolute atomic E-state index is 12.9. The van der Waals surface area contributed by atoms with Crippen molar-refractivity contribution in [1.82, 2.24) is 5.32 Å². The highest BCUT2D eigenvalue weighted by Gasteiger charge is 2.54. The summed E-state index contributed by atoms with van der Waals surface area (Å²) in [5.41, 5.74) is 1.78. The molecule has 0 heterocycles. The van der Waals surface area contributed by atoms with E-state index in [0.717, 1.165) is 48.3 Å². The van der Waals surface area contributed by atoms with Crippen LogP contribution in [0, 0.1) is 23.2 Å². The summed E-state index contributed by atoms with van der Waals surface area (Å²) in [4.78, 5) is 24.0. The molecule has 4 nitrogen and oxygen atoms in total. The van der Waals surface area contributed by atoms with Gasteiger partial charge in [-0.3, -0.25) is 9.59 Å². The maximum atomic E-state index is 12.9. The maximum Gasteiger partial charge on any atom is 0.226 e. The van der Waals surface area contributed by atoms with Crippen LogP contribution in [0.3, 0.4) is 0 Å². The number of carbonyl (C=O) groups excluding carboxylic acids is 2. The summed E-state index contributed by atoms with van der Waals surface area (Å²) in [6.07, 6.45) is 7.39. The lowest BCUT2D eigenvalue weighted by atomic mass is 9.49. The van der Waals surface area contributed by atoms with Crippen LogP contribution in [0.4, 0.5) is 5.69 Å². The van der Waals surface area contributed by atoms with Crippen molar-refractivity contribution < 1.29 is 9.59 Å². The van der Waals surface area contributed by atoms with E-state index < -0.39 is 0 Å². The topological polar surface area (TPSA) is 58.2 Å². The molecule has 4 aliphatic carbocycles. The Balaban J connectivity index is 1.37. The van der Waals surface area contributed by atoms with E-state index >= 15 is 0 Å². The quantitative estimate of drug-likeness (QED) is 0.890. The summed E-state index contributed by atoms with van der Waals surface area (Å²) in [6.45, 7) is 2.07. The van der Waals surface area contributed by atoms with E-state index in [2.05, 4.69) is 10.6 Å². The second-order valence-corrected chi connectivity index (χ2v) is 8.26. The second-order valence-electron chi connectivity index (χ2n) is 8.26. The fraction of sp³-hybridized carbons (Fsp3) is 0.600. The molecule has 24 heavy (non-hydrogen) atoms. The van der Waals surface area contributed by atoms with Crippen LogP contribution >= 0.6 is 0 Å². The highest BCUT2D eigenvalue weighted by atomic mass is 16.2. The van der Waals surface area contributed by atoms with Gasteiger partial charge in [-0.25, -0.2) is 0 Å². The first kappa shape index (κ1) is 15.7. The highest BCUT2D eigenvalue weighted by molar-refractivity contribution is 5.88. The summed E-state index contributed by atoms with van der Waals surface area (Å²) in [7, 11) is 0. The van der Waals surface area contributed by atoms with Crippen LogP contribution in [0.2, 0.25) is 0 Å². The zero-order valence-corrected chi connectivity index (χ0v) is 14.3. The molecule has 1 aromatic carbocycles. The van der Waals surface area contributed by atoms with Crippen molar-refractivity contribution in [2.24, 2.45) is 23.2 Å². The van der Waals surface area contributed by atoms with Crippen LogP contribution in [0.5, 0.6) is 0 Å². The van der Waals surface area contributed by atoms with Crippen molar-refractivity contribution in [3.8, 4) is 0 Å². The molecule has 0 aliphatic heterocycles. The van der Waals surface area contributed by atoms with Crippen LogP contribution < -0.4 is 10.6 Å². The largest absolute Gasteiger partial charge is 0.352 e. The molecule has 0 atom stereocenters. The number of anilines is 1. The molecule has 4 bridgehead atoms. The number of hydrogen-bond donors (Lipinski definition) is 2. The van der Waals surface area contributed by atoms with Crippen molar-refractivity contribution in [2.75, 3.05) is 5.32 Å². The zero-order chi connectivity index (χ0) is 16.7. The molecule has 0 aromatic heterocycles. The monoisotopic (exact) mass is 326 g/mol. The van der Waals surface area contributed by atoms with Crippen molar-refractivity contribution in [3.05, 3.63) is 29.8 Å². The minimum atomic E-state index is -0.0785. The first-order chi connectivity index (χ1) is 11.5. The molecule has 0 spiro atoms. The summed E-state index contributed by atoms with van der Waals surface area (Å²) >= 11 is 0. The molecule has 5 rings (SSSR count). The van der Waals surface area contributed by atoms with E-state index in [-0.39, 0.29) is 17.2 Å². The van der Waals surface area contributed by atoms with Crippen LogP contribution in [-0.4, -0.2) is 11.8 Å². The van der Waals surface area contributed by atoms with Crippen molar-refractivity contribution in [3.63, 3.8) is 0 Å².